The highest BCUT2D eigenvalue weighted by molar-refractivity contribution is 9.10. The largest absolute Gasteiger partial charge is 0.368 e. The lowest BCUT2D eigenvalue weighted by Gasteiger charge is -2.36. The molecule has 4 rings (SSSR count). The summed E-state index contributed by atoms with van der Waals surface area (Å²) in [4.78, 5) is 22.1. The molecule has 0 aliphatic carbocycles. The van der Waals surface area contributed by atoms with Crippen molar-refractivity contribution in [2.45, 2.75) is 13.3 Å². The van der Waals surface area contributed by atoms with Crippen molar-refractivity contribution >= 4 is 44.8 Å². The van der Waals surface area contributed by atoms with Crippen LogP contribution in [0.15, 0.2) is 47.1 Å². The Balaban J connectivity index is 1.56. The second-order valence-corrected chi connectivity index (χ2v) is 7.95. The van der Waals surface area contributed by atoms with Gasteiger partial charge in [-0.2, -0.15) is 0 Å². The summed E-state index contributed by atoms with van der Waals surface area (Å²) in [6, 6.07) is 11.7. The Labute approximate surface area is 171 Å². The molecule has 5 nitrogen and oxygen atoms in total. The van der Waals surface area contributed by atoms with Crippen LogP contribution in [0.25, 0.3) is 5.65 Å². The molecule has 7 heteroatoms. The van der Waals surface area contributed by atoms with Gasteiger partial charge in [-0.1, -0.05) is 24.6 Å². The van der Waals surface area contributed by atoms with Crippen molar-refractivity contribution in [2.24, 2.45) is 0 Å². The van der Waals surface area contributed by atoms with E-state index in [2.05, 4.69) is 31.9 Å². The Morgan fingerprint density at radius 1 is 1.19 bits per heavy atom. The van der Waals surface area contributed by atoms with E-state index in [0.29, 0.717) is 18.8 Å². The molecule has 1 aromatic carbocycles. The van der Waals surface area contributed by atoms with Gasteiger partial charge in [0.25, 0.3) is 5.91 Å². The molecule has 0 radical (unpaired) electrons. The van der Waals surface area contributed by atoms with Crippen LogP contribution in [0.2, 0.25) is 5.02 Å². The lowest BCUT2D eigenvalue weighted by atomic mass is 10.2. The molecule has 3 aromatic rings. The highest BCUT2D eigenvalue weighted by atomic mass is 79.9. The number of aromatic nitrogens is 2. The second kappa shape index (κ2) is 7.52. The molecule has 0 spiro atoms. The lowest BCUT2D eigenvalue weighted by molar-refractivity contribution is 0.0738. The van der Waals surface area contributed by atoms with Crippen LogP contribution < -0.4 is 4.90 Å². The van der Waals surface area contributed by atoms with E-state index in [1.807, 2.05) is 52.8 Å². The average Bonchev–Trinajstić information content (AvgIpc) is 3.05. The third kappa shape index (κ3) is 3.56. The number of piperazine rings is 1. The van der Waals surface area contributed by atoms with Crippen LogP contribution in [-0.4, -0.2) is 46.4 Å². The van der Waals surface area contributed by atoms with Crippen molar-refractivity contribution in [2.75, 3.05) is 31.1 Å². The quantitative estimate of drug-likeness (QED) is 0.602. The fourth-order valence-electron chi connectivity index (χ4n) is 3.53. The van der Waals surface area contributed by atoms with Gasteiger partial charge in [-0.05, 0) is 52.7 Å². The highest BCUT2D eigenvalue weighted by Gasteiger charge is 2.27. The van der Waals surface area contributed by atoms with E-state index in [-0.39, 0.29) is 5.91 Å². The summed E-state index contributed by atoms with van der Waals surface area (Å²) in [7, 11) is 0. The minimum absolute atomic E-state index is 0.0446. The van der Waals surface area contributed by atoms with Crippen LogP contribution in [0, 0.1) is 0 Å². The van der Waals surface area contributed by atoms with E-state index in [0.717, 1.165) is 46.0 Å². The first kappa shape index (κ1) is 18.3. The summed E-state index contributed by atoms with van der Waals surface area (Å²) >= 11 is 9.60. The summed E-state index contributed by atoms with van der Waals surface area (Å²) in [5, 5.41) is 0.731. The molecule has 140 valence electrons. The van der Waals surface area contributed by atoms with E-state index in [1.165, 1.54) is 0 Å². The van der Waals surface area contributed by atoms with Crippen molar-refractivity contribution in [1.29, 1.82) is 0 Å². The number of carbonyl (C=O) groups is 1. The molecule has 0 N–H and O–H groups in total. The minimum atomic E-state index is 0.0446. The predicted octanol–water partition coefficient (Wildman–Crippen LogP) is 4.28. The number of amides is 1. The maximum Gasteiger partial charge on any atom is 0.272 e. The zero-order valence-corrected chi connectivity index (χ0v) is 17.4. The molecule has 1 aliphatic heterocycles. The predicted molar refractivity (Wildman–Crippen MR) is 112 cm³/mol. The molecule has 1 amide bonds. The van der Waals surface area contributed by atoms with Crippen LogP contribution in [0.5, 0.6) is 0 Å². The van der Waals surface area contributed by atoms with Crippen LogP contribution in [-0.2, 0) is 6.42 Å². The Kier molecular flexibility index (Phi) is 5.10. The number of halogens is 2. The average molecular weight is 448 g/mol. The monoisotopic (exact) mass is 446 g/mol. The number of aryl methyl sites for hydroxylation is 1. The lowest BCUT2D eigenvalue weighted by Crippen LogP contribution is -2.49. The highest BCUT2D eigenvalue weighted by Crippen LogP contribution is 2.23. The molecule has 0 saturated carbocycles. The number of hydrogen-bond donors (Lipinski definition) is 0. The van der Waals surface area contributed by atoms with Gasteiger partial charge in [0.1, 0.15) is 11.3 Å². The number of nitrogens with zero attached hydrogens (tertiary/aromatic N) is 4. The summed E-state index contributed by atoms with van der Waals surface area (Å²) in [6.45, 7) is 4.96. The van der Waals surface area contributed by atoms with Gasteiger partial charge in [-0.25, -0.2) is 4.98 Å². The number of hydrogen-bond acceptors (Lipinski definition) is 3. The van der Waals surface area contributed by atoms with Crippen LogP contribution in [0.4, 0.5) is 5.69 Å². The molecule has 1 aliphatic rings. The number of benzene rings is 1. The van der Waals surface area contributed by atoms with Gasteiger partial charge in [0.15, 0.2) is 0 Å². The fourth-order valence-corrected chi connectivity index (χ4v) is 4.05. The van der Waals surface area contributed by atoms with Gasteiger partial charge in [0, 0.05) is 47.6 Å². The van der Waals surface area contributed by atoms with E-state index in [9.17, 15) is 4.79 Å². The first-order valence-electron chi connectivity index (χ1n) is 9.03. The van der Waals surface area contributed by atoms with Crippen LogP contribution in [0.3, 0.4) is 0 Å². The number of carbonyl (C=O) groups excluding carboxylic acids is 1. The SMILES string of the molecule is CCc1nc2ccc(Br)cn2c1C(=O)N1CCN(c2cccc(Cl)c2)CC1. The minimum Gasteiger partial charge on any atom is -0.368 e. The summed E-state index contributed by atoms with van der Waals surface area (Å²) < 4.78 is 2.82. The van der Waals surface area contributed by atoms with Gasteiger partial charge in [-0.3, -0.25) is 9.20 Å². The maximum atomic E-state index is 13.3. The number of pyridine rings is 1. The normalized spacial score (nSPS) is 14.8. The van der Waals surface area contributed by atoms with Crippen molar-refractivity contribution in [3.05, 3.63) is 63.5 Å². The number of imidazole rings is 1. The molecule has 3 heterocycles. The van der Waals surface area contributed by atoms with Crippen molar-refractivity contribution < 1.29 is 4.79 Å². The molecular weight excluding hydrogens is 428 g/mol. The van der Waals surface area contributed by atoms with Crippen molar-refractivity contribution in [3.63, 3.8) is 0 Å². The van der Waals surface area contributed by atoms with Crippen LogP contribution in [0.1, 0.15) is 23.1 Å². The fraction of sp³-hybridized carbons (Fsp3) is 0.300. The summed E-state index contributed by atoms with van der Waals surface area (Å²) in [6.07, 6.45) is 2.64. The maximum absolute atomic E-state index is 13.3. The number of anilines is 1. The first-order valence-corrected chi connectivity index (χ1v) is 10.2. The van der Waals surface area contributed by atoms with Crippen molar-refractivity contribution in [1.82, 2.24) is 14.3 Å². The van der Waals surface area contributed by atoms with Gasteiger partial charge in [-0.15, -0.1) is 0 Å². The molecule has 0 bridgehead atoms. The molecule has 27 heavy (non-hydrogen) atoms. The Morgan fingerprint density at radius 2 is 1.96 bits per heavy atom. The zero-order chi connectivity index (χ0) is 19.0. The van der Waals surface area contributed by atoms with Gasteiger partial charge >= 0.3 is 0 Å². The third-order valence-corrected chi connectivity index (χ3v) is 5.64. The van der Waals surface area contributed by atoms with E-state index < -0.39 is 0 Å². The Morgan fingerprint density at radius 3 is 2.67 bits per heavy atom. The van der Waals surface area contributed by atoms with Crippen molar-refractivity contribution in [3.8, 4) is 0 Å². The van der Waals surface area contributed by atoms with E-state index in [1.54, 1.807) is 0 Å². The standard InChI is InChI=1S/C20H20BrClN4O/c1-2-17-19(26-13-14(21)6-7-18(26)23-17)20(27)25-10-8-24(9-11-25)16-5-3-4-15(22)12-16/h3-7,12-13H,2,8-11H2,1H3. The molecular formula is C20H20BrClN4O. The van der Waals surface area contributed by atoms with E-state index in [4.69, 9.17) is 11.6 Å². The summed E-state index contributed by atoms with van der Waals surface area (Å²) in [5.74, 6) is 0.0446. The third-order valence-electron chi connectivity index (χ3n) is 4.93. The summed E-state index contributed by atoms with van der Waals surface area (Å²) in [5.41, 5.74) is 3.42. The van der Waals surface area contributed by atoms with Gasteiger partial charge in [0.05, 0.1) is 5.69 Å². The molecule has 2 aromatic heterocycles. The van der Waals surface area contributed by atoms with Gasteiger partial charge in [0.2, 0.25) is 0 Å². The molecule has 0 atom stereocenters. The molecule has 0 unspecified atom stereocenters. The van der Waals surface area contributed by atoms with Crippen LogP contribution >= 0.6 is 27.5 Å². The second-order valence-electron chi connectivity index (χ2n) is 6.60. The zero-order valence-electron chi connectivity index (χ0n) is 15.0. The molecule has 1 saturated heterocycles. The molecule has 1 fully saturated rings. The Bertz CT molecular complexity index is 995. The van der Waals surface area contributed by atoms with E-state index >= 15 is 0 Å². The number of rotatable bonds is 3. The Hall–Kier alpha value is -2.05. The van der Waals surface area contributed by atoms with Gasteiger partial charge < -0.3 is 9.80 Å². The number of fused-ring (bicyclic) bond motifs is 1. The smallest absolute Gasteiger partial charge is 0.272 e. The topological polar surface area (TPSA) is 40.9 Å². The first-order chi connectivity index (χ1) is 13.1.